The second-order valence-corrected chi connectivity index (χ2v) is 5.02. The van der Waals surface area contributed by atoms with Crippen LogP contribution in [0, 0.1) is 0 Å². The van der Waals surface area contributed by atoms with Gasteiger partial charge in [0.25, 0.3) is 0 Å². The van der Waals surface area contributed by atoms with Gasteiger partial charge in [-0.1, -0.05) is 49.1 Å². The number of esters is 1. The SMILES string of the molecule is C=CC(=O)Oc1ccc2c(c1)C=C(c1ccccc1)CC2. The van der Waals surface area contributed by atoms with E-state index < -0.39 is 5.97 Å². The molecule has 0 unspecified atom stereocenters. The summed E-state index contributed by atoms with van der Waals surface area (Å²) in [6.45, 7) is 3.41. The molecule has 2 heteroatoms. The molecular formula is C19H16O2. The number of benzene rings is 2. The van der Waals surface area contributed by atoms with E-state index in [9.17, 15) is 4.79 Å². The topological polar surface area (TPSA) is 26.3 Å². The Bertz CT molecular complexity index is 712. The Morgan fingerprint density at radius 2 is 1.90 bits per heavy atom. The molecule has 0 N–H and O–H groups in total. The van der Waals surface area contributed by atoms with E-state index >= 15 is 0 Å². The van der Waals surface area contributed by atoms with Crippen molar-refractivity contribution in [1.82, 2.24) is 0 Å². The zero-order valence-electron chi connectivity index (χ0n) is 11.7. The molecule has 0 amide bonds. The van der Waals surface area contributed by atoms with Crippen molar-refractivity contribution in [3.05, 3.63) is 77.9 Å². The van der Waals surface area contributed by atoms with Crippen molar-refractivity contribution in [3.8, 4) is 5.75 Å². The molecule has 2 aromatic carbocycles. The first-order chi connectivity index (χ1) is 10.3. The lowest BCUT2D eigenvalue weighted by Crippen LogP contribution is -2.05. The molecule has 104 valence electrons. The Hall–Kier alpha value is -2.61. The Morgan fingerprint density at radius 3 is 2.67 bits per heavy atom. The maximum atomic E-state index is 11.3. The summed E-state index contributed by atoms with van der Waals surface area (Å²) in [5, 5.41) is 0. The van der Waals surface area contributed by atoms with Crippen LogP contribution >= 0.6 is 0 Å². The Balaban J connectivity index is 1.93. The third kappa shape index (κ3) is 2.95. The molecule has 0 aliphatic heterocycles. The monoisotopic (exact) mass is 276 g/mol. The van der Waals surface area contributed by atoms with Gasteiger partial charge in [0.2, 0.25) is 0 Å². The zero-order valence-corrected chi connectivity index (χ0v) is 11.7. The van der Waals surface area contributed by atoms with Crippen molar-refractivity contribution < 1.29 is 9.53 Å². The minimum Gasteiger partial charge on any atom is -0.423 e. The number of hydrogen-bond acceptors (Lipinski definition) is 2. The molecule has 0 atom stereocenters. The maximum Gasteiger partial charge on any atom is 0.335 e. The summed E-state index contributed by atoms with van der Waals surface area (Å²) in [4.78, 5) is 11.3. The van der Waals surface area contributed by atoms with Gasteiger partial charge in [-0.2, -0.15) is 0 Å². The van der Waals surface area contributed by atoms with E-state index in [0.29, 0.717) is 5.75 Å². The summed E-state index contributed by atoms with van der Waals surface area (Å²) in [6, 6.07) is 16.1. The van der Waals surface area contributed by atoms with Crippen LogP contribution in [0.15, 0.2) is 61.2 Å². The van der Waals surface area contributed by atoms with E-state index in [-0.39, 0.29) is 0 Å². The molecule has 21 heavy (non-hydrogen) atoms. The number of carbonyl (C=O) groups excluding carboxylic acids is 1. The van der Waals surface area contributed by atoms with Gasteiger partial charge in [-0.3, -0.25) is 0 Å². The van der Waals surface area contributed by atoms with Crippen molar-refractivity contribution in [3.63, 3.8) is 0 Å². The lowest BCUT2D eigenvalue weighted by Gasteiger charge is -2.17. The number of aryl methyl sites for hydroxylation is 1. The lowest BCUT2D eigenvalue weighted by molar-refractivity contribution is -0.128. The molecule has 0 saturated heterocycles. The van der Waals surface area contributed by atoms with Gasteiger partial charge in [0.15, 0.2) is 0 Å². The molecule has 1 aliphatic carbocycles. The molecule has 1 aliphatic rings. The van der Waals surface area contributed by atoms with Crippen LogP contribution in [0.25, 0.3) is 11.6 Å². The molecule has 2 aromatic rings. The minimum absolute atomic E-state index is 0.432. The predicted octanol–water partition coefficient (Wildman–Crippen LogP) is 4.26. The van der Waals surface area contributed by atoms with Crippen LogP contribution in [0.3, 0.4) is 0 Å². The number of carbonyl (C=O) groups is 1. The molecular weight excluding hydrogens is 260 g/mol. The van der Waals surface area contributed by atoms with Gasteiger partial charge >= 0.3 is 5.97 Å². The van der Waals surface area contributed by atoms with E-state index in [2.05, 4.69) is 24.8 Å². The number of fused-ring (bicyclic) bond motifs is 1. The van der Waals surface area contributed by atoms with Crippen LogP contribution in [0.4, 0.5) is 0 Å². The van der Waals surface area contributed by atoms with Gasteiger partial charge in [0, 0.05) is 6.08 Å². The second kappa shape index (κ2) is 5.80. The van der Waals surface area contributed by atoms with E-state index in [4.69, 9.17) is 4.74 Å². The molecule has 0 bridgehead atoms. The minimum atomic E-state index is -0.432. The summed E-state index contributed by atoms with van der Waals surface area (Å²) in [5.74, 6) is 0.127. The first-order valence-corrected chi connectivity index (χ1v) is 6.99. The van der Waals surface area contributed by atoms with Crippen LogP contribution in [0.5, 0.6) is 5.75 Å². The third-order valence-electron chi connectivity index (χ3n) is 3.64. The van der Waals surface area contributed by atoms with Gasteiger partial charge in [-0.25, -0.2) is 4.79 Å². The van der Waals surface area contributed by atoms with Crippen LogP contribution in [-0.2, 0) is 11.2 Å². The molecule has 0 spiro atoms. The molecule has 2 nitrogen and oxygen atoms in total. The number of ether oxygens (including phenoxy) is 1. The maximum absolute atomic E-state index is 11.3. The van der Waals surface area contributed by atoms with Crippen LogP contribution < -0.4 is 4.74 Å². The average Bonchev–Trinajstić information content (AvgIpc) is 2.55. The molecule has 0 saturated carbocycles. The fourth-order valence-corrected chi connectivity index (χ4v) is 2.57. The normalized spacial score (nSPS) is 13.0. The predicted molar refractivity (Wildman–Crippen MR) is 84.9 cm³/mol. The van der Waals surface area contributed by atoms with E-state index in [0.717, 1.165) is 18.4 Å². The van der Waals surface area contributed by atoms with E-state index in [1.165, 1.54) is 22.8 Å². The van der Waals surface area contributed by atoms with Crippen LogP contribution in [0.1, 0.15) is 23.1 Å². The molecule has 0 aromatic heterocycles. The van der Waals surface area contributed by atoms with E-state index in [1.807, 2.05) is 36.4 Å². The Labute approximate surface area is 124 Å². The molecule has 0 radical (unpaired) electrons. The number of rotatable bonds is 3. The zero-order chi connectivity index (χ0) is 14.7. The summed E-state index contributed by atoms with van der Waals surface area (Å²) < 4.78 is 5.18. The van der Waals surface area contributed by atoms with Gasteiger partial charge < -0.3 is 4.74 Å². The van der Waals surface area contributed by atoms with Gasteiger partial charge in [-0.05, 0) is 47.2 Å². The molecule has 0 heterocycles. The largest absolute Gasteiger partial charge is 0.423 e. The highest BCUT2D eigenvalue weighted by Gasteiger charge is 2.13. The summed E-state index contributed by atoms with van der Waals surface area (Å²) in [5.41, 5.74) is 4.97. The van der Waals surface area contributed by atoms with Gasteiger partial charge in [0.05, 0.1) is 0 Å². The number of allylic oxidation sites excluding steroid dienone is 1. The standard InChI is InChI=1S/C19H16O2/c1-2-19(20)21-18-11-10-15-8-9-16(12-17(15)13-18)14-6-4-3-5-7-14/h2-7,10-13H,1,8-9H2. The number of hydrogen-bond donors (Lipinski definition) is 0. The Kier molecular flexibility index (Phi) is 3.69. The average molecular weight is 276 g/mol. The highest BCUT2D eigenvalue weighted by molar-refractivity contribution is 5.86. The summed E-state index contributed by atoms with van der Waals surface area (Å²) in [7, 11) is 0. The fraction of sp³-hybridized carbons (Fsp3) is 0.105. The first-order valence-electron chi connectivity index (χ1n) is 6.99. The highest BCUT2D eigenvalue weighted by atomic mass is 16.5. The second-order valence-electron chi connectivity index (χ2n) is 5.02. The molecule has 0 fully saturated rings. The lowest BCUT2D eigenvalue weighted by atomic mass is 9.88. The van der Waals surface area contributed by atoms with Crippen molar-refractivity contribution in [2.24, 2.45) is 0 Å². The summed E-state index contributed by atoms with van der Waals surface area (Å²) >= 11 is 0. The summed E-state index contributed by atoms with van der Waals surface area (Å²) in [6.07, 6.45) is 5.39. The van der Waals surface area contributed by atoms with Crippen molar-refractivity contribution in [1.29, 1.82) is 0 Å². The smallest absolute Gasteiger partial charge is 0.335 e. The Morgan fingerprint density at radius 1 is 1.10 bits per heavy atom. The first kappa shape index (κ1) is 13.4. The van der Waals surface area contributed by atoms with Crippen molar-refractivity contribution in [2.45, 2.75) is 12.8 Å². The van der Waals surface area contributed by atoms with Crippen LogP contribution in [-0.4, -0.2) is 5.97 Å². The van der Waals surface area contributed by atoms with Gasteiger partial charge in [-0.15, -0.1) is 0 Å². The van der Waals surface area contributed by atoms with Crippen molar-refractivity contribution >= 4 is 17.6 Å². The highest BCUT2D eigenvalue weighted by Crippen LogP contribution is 2.32. The quantitative estimate of drug-likeness (QED) is 0.475. The van der Waals surface area contributed by atoms with E-state index in [1.54, 1.807) is 0 Å². The fourth-order valence-electron chi connectivity index (χ4n) is 2.57. The van der Waals surface area contributed by atoms with Gasteiger partial charge in [0.1, 0.15) is 5.75 Å². The van der Waals surface area contributed by atoms with Crippen LogP contribution in [0.2, 0.25) is 0 Å². The third-order valence-corrected chi connectivity index (χ3v) is 3.64. The van der Waals surface area contributed by atoms with Crippen molar-refractivity contribution in [2.75, 3.05) is 0 Å². The molecule has 3 rings (SSSR count).